The number of nitrogens with zero attached hydrogens (tertiary/aromatic N) is 2. The van der Waals surface area contributed by atoms with Gasteiger partial charge in [0.15, 0.2) is 16.7 Å². The number of amidine groups is 1. The smallest absolute Gasteiger partial charge is 0.266 e. The van der Waals surface area contributed by atoms with Gasteiger partial charge in [0.2, 0.25) is 0 Å². The second-order valence-electron chi connectivity index (χ2n) is 10.2. The maximum atomic E-state index is 13.7. The molecule has 3 aliphatic rings. The number of carbonyl (C=O) groups is 1. The van der Waals surface area contributed by atoms with E-state index in [-0.39, 0.29) is 17.8 Å². The Morgan fingerprint density at radius 2 is 1.74 bits per heavy atom. The van der Waals surface area contributed by atoms with Crippen LogP contribution in [0.25, 0.3) is 6.08 Å². The van der Waals surface area contributed by atoms with Crippen LogP contribution in [0.4, 0.5) is 4.39 Å². The van der Waals surface area contributed by atoms with Crippen LogP contribution in [0.5, 0.6) is 11.5 Å². The van der Waals surface area contributed by atoms with Crippen LogP contribution in [-0.4, -0.2) is 35.2 Å². The van der Waals surface area contributed by atoms with Gasteiger partial charge >= 0.3 is 0 Å². The van der Waals surface area contributed by atoms with Crippen molar-refractivity contribution in [3.8, 4) is 11.5 Å². The molecule has 2 aliphatic carbocycles. The summed E-state index contributed by atoms with van der Waals surface area (Å²) in [7, 11) is 1.61. The van der Waals surface area contributed by atoms with Crippen molar-refractivity contribution in [2.24, 2.45) is 4.99 Å². The Morgan fingerprint density at radius 3 is 2.42 bits per heavy atom. The van der Waals surface area contributed by atoms with Gasteiger partial charge in [-0.25, -0.2) is 4.39 Å². The number of halogens is 2. The van der Waals surface area contributed by atoms with E-state index >= 15 is 0 Å². The number of aliphatic imine (C=N–C) groups is 1. The van der Waals surface area contributed by atoms with Gasteiger partial charge in [-0.05, 0) is 102 Å². The SMILES string of the molecule is COc1cc(C=C2SC(=NC3CCCCC3)N(C3CCCCC3)C2=O)cc(I)c1OCc1ccc(F)cc1. The van der Waals surface area contributed by atoms with Crippen molar-refractivity contribution in [2.45, 2.75) is 82.9 Å². The Kier molecular flexibility index (Phi) is 9.30. The Bertz CT molecular complexity index is 1200. The van der Waals surface area contributed by atoms with Crippen molar-refractivity contribution >= 4 is 51.5 Å². The molecular formula is C30H34FIN2O3S. The molecule has 0 spiro atoms. The monoisotopic (exact) mass is 648 g/mol. The lowest BCUT2D eigenvalue weighted by Gasteiger charge is -2.31. The second kappa shape index (κ2) is 12.9. The number of hydrogen-bond acceptors (Lipinski definition) is 5. The highest BCUT2D eigenvalue weighted by atomic mass is 127. The minimum atomic E-state index is -0.272. The molecule has 2 aromatic rings. The van der Waals surface area contributed by atoms with Crippen LogP contribution in [-0.2, 0) is 11.4 Å². The Morgan fingerprint density at radius 1 is 1.05 bits per heavy atom. The zero-order chi connectivity index (χ0) is 26.5. The summed E-state index contributed by atoms with van der Waals surface area (Å²) in [4.78, 5) is 21.6. The van der Waals surface area contributed by atoms with E-state index in [0.29, 0.717) is 29.1 Å². The van der Waals surface area contributed by atoms with E-state index in [2.05, 4.69) is 22.6 Å². The van der Waals surface area contributed by atoms with Gasteiger partial charge in [0.25, 0.3) is 5.91 Å². The number of amides is 1. The van der Waals surface area contributed by atoms with Gasteiger partial charge < -0.3 is 9.47 Å². The molecule has 2 aromatic carbocycles. The zero-order valence-corrected chi connectivity index (χ0v) is 24.7. The number of carbonyl (C=O) groups excluding carboxylic acids is 1. The molecule has 1 saturated heterocycles. The highest BCUT2D eigenvalue weighted by Crippen LogP contribution is 2.40. The first-order valence-corrected chi connectivity index (χ1v) is 15.5. The van der Waals surface area contributed by atoms with Crippen LogP contribution in [0.3, 0.4) is 0 Å². The lowest BCUT2D eigenvalue weighted by molar-refractivity contribution is -0.124. The fourth-order valence-electron chi connectivity index (χ4n) is 5.45. The fraction of sp³-hybridized carbons (Fsp3) is 0.467. The molecule has 3 fully saturated rings. The minimum Gasteiger partial charge on any atom is -0.493 e. The van der Waals surface area contributed by atoms with Gasteiger partial charge in [0.1, 0.15) is 12.4 Å². The highest BCUT2D eigenvalue weighted by molar-refractivity contribution is 14.1. The van der Waals surface area contributed by atoms with Gasteiger partial charge in [-0.15, -0.1) is 0 Å². The third kappa shape index (κ3) is 6.55. The molecule has 0 aromatic heterocycles. The second-order valence-corrected chi connectivity index (χ2v) is 12.4. The summed E-state index contributed by atoms with van der Waals surface area (Å²) >= 11 is 3.76. The molecule has 0 unspecified atom stereocenters. The summed E-state index contributed by atoms with van der Waals surface area (Å²) in [5, 5.41) is 0.890. The quantitative estimate of drug-likeness (QED) is 0.226. The molecule has 0 atom stereocenters. The van der Waals surface area contributed by atoms with Crippen LogP contribution in [0.1, 0.15) is 75.3 Å². The van der Waals surface area contributed by atoms with Gasteiger partial charge in [-0.3, -0.25) is 14.7 Å². The fourth-order valence-corrected chi connectivity index (χ4v) is 7.35. The van der Waals surface area contributed by atoms with Gasteiger partial charge in [-0.2, -0.15) is 0 Å². The Balaban J connectivity index is 1.39. The van der Waals surface area contributed by atoms with Crippen LogP contribution in [0.15, 0.2) is 46.3 Å². The molecule has 202 valence electrons. The predicted molar refractivity (Wildman–Crippen MR) is 160 cm³/mol. The standard InChI is InChI=1S/C30H34FIN2O3S/c1-36-26-17-21(16-25(32)28(26)37-19-20-12-14-22(31)15-13-20)18-27-29(35)34(24-10-6-3-7-11-24)30(38-27)33-23-8-4-2-5-9-23/h12-18,23-24H,2-11,19H2,1H3. The number of thioether (sulfide) groups is 1. The minimum absolute atomic E-state index is 0.0714. The van der Waals surface area contributed by atoms with Crippen LogP contribution < -0.4 is 9.47 Å². The zero-order valence-electron chi connectivity index (χ0n) is 21.8. The van der Waals surface area contributed by atoms with Crippen molar-refractivity contribution in [1.29, 1.82) is 0 Å². The van der Waals surface area contributed by atoms with E-state index in [1.807, 2.05) is 23.1 Å². The van der Waals surface area contributed by atoms with E-state index in [1.54, 1.807) is 19.2 Å². The molecule has 5 nitrogen and oxygen atoms in total. The molecule has 1 aliphatic heterocycles. The number of benzene rings is 2. The lowest BCUT2D eigenvalue weighted by atomic mass is 9.94. The average Bonchev–Trinajstić information content (AvgIpc) is 3.23. The summed E-state index contributed by atoms with van der Waals surface area (Å²) in [6, 6.07) is 10.7. The third-order valence-corrected chi connectivity index (χ3v) is 9.29. The van der Waals surface area contributed by atoms with E-state index < -0.39 is 0 Å². The molecule has 0 radical (unpaired) electrons. The molecule has 2 saturated carbocycles. The maximum Gasteiger partial charge on any atom is 0.266 e. The number of rotatable bonds is 7. The van der Waals surface area contributed by atoms with Gasteiger partial charge in [0.05, 0.1) is 21.6 Å². The average molecular weight is 649 g/mol. The molecule has 0 N–H and O–H groups in total. The summed E-state index contributed by atoms with van der Waals surface area (Å²) < 4.78 is 25.8. The predicted octanol–water partition coefficient (Wildman–Crippen LogP) is 7.96. The summed E-state index contributed by atoms with van der Waals surface area (Å²) in [5.74, 6) is 1.03. The van der Waals surface area contributed by atoms with Crippen molar-refractivity contribution in [3.63, 3.8) is 0 Å². The molecule has 5 rings (SSSR count). The summed E-state index contributed by atoms with van der Waals surface area (Å²) in [6.45, 7) is 0.304. The Hall–Kier alpha value is -2.07. The first-order chi connectivity index (χ1) is 18.5. The van der Waals surface area contributed by atoms with Crippen molar-refractivity contribution < 1.29 is 18.7 Å². The third-order valence-electron chi connectivity index (χ3n) is 7.49. The van der Waals surface area contributed by atoms with E-state index in [0.717, 1.165) is 45.5 Å². The highest BCUT2D eigenvalue weighted by Gasteiger charge is 2.39. The number of ether oxygens (including phenoxy) is 2. The number of methoxy groups -OCH3 is 1. The molecule has 8 heteroatoms. The topological polar surface area (TPSA) is 51.1 Å². The van der Waals surface area contributed by atoms with Crippen molar-refractivity contribution in [1.82, 2.24) is 4.90 Å². The van der Waals surface area contributed by atoms with E-state index in [1.165, 1.54) is 62.4 Å². The normalized spacial score (nSPS) is 21.4. The summed E-state index contributed by atoms with van der Waals surface area (Å²) in [5.41, 5.74) is 1.76. The first-order valence-electron chi connectivity index (χ1n) is 13.6. The van der Waals surface area contributed by atoms with Crippen molar-refractivity contribution in [3.05, 3.63) is 61.8 Å². The summed E-state index contributed by atoms with van der Waals surface area (Å²) in [6.07, 6.45) is 13.6. The lowest BCUT2D eigenvalue weighted by Crippen LogP contribution is -2.41. The molecule has 1 amide bonds. The molecule has 0 bridgehead atoms. The van der Waals surface area contributed by atoms with Gasteiger partial charge in [0, 0.05) is 6.04 Å². The molecule has 1 heterocycles. The maximum absolute atomic E-state index is 13.7. The Labute approximate surface area is 242 Å². The largest absolute Gasteiger partial charge is 0.493 e. The van der Waals surface area contributed by atoms with Crippen LogP contribution >= 0.6 is 34.4 Å². The van der Waals surface area contributed by atoms with E-state index in [9.17, 15) is 9.18 Å². The van der Waals surface area contributed by atoms with Gasteiger partial charge in [-0.1, -0.05) is 50.7 Å². The van der Waals surface area contributed by atoms with Crippen LogP contribution in [0.2, 0.25) is 0 Å². The first kappa shape index (κ1) is 27.5. The van der Waals surface area contributed by atoms with E-state index in [4.69, 9.17) is 14.5 Å². The van der Waals surface area contributed by atoms with Crippen LogP contribution in [0, 0.1) is 9.39 Å². The molecular weight excluding hydrogens is 614 g/mol. The molecule has 38 heavy (non-hydrogen) atoms. The number of hydrogen-bond donors (Lipinski definition) is 0. The van der Waals surface area contributed by atoms with Crippen molar-refractivity contribution in [2.75, 3.05) is 7.11 Å².